The van der Waals surface area contributed by atoms with Gasteiger partial charge in [-0.2, -0.15) is 0 Å². The lowest BCUT2D eigenvalue weighted by Crippen LogP contribution is -2.40. The van der Waals surface area contributed by atoms with E-state index in [0.29, 0.717) is 6.10 Å². The standard InChI is InChI=1S/C13H28OS2/c1-15(2)8-5-6-12(10-15)13-11-16(3,4)9-7-14-13/h12-13H,5-11H2,1-4H3. The lowest BCUT2D eigenvalue weighted by atomic mass is 10.00. The van der Waals surface area contributed by atoms with Crippen LogP contribution in [0, 0.1) is 5.92 Å². The summed E-state index contributed by atoms with van der Waals surface area (Å²) in [6.45, 7) is 1.03. The van der Waals surface area contributed by atoms with Gasteiger partial charge in [-0.05, 0) is 55.3 Å². The second-order valence-electron chi connectivity index (χ2n) is 6.59. The van der Waals surface area contributed by atoms with Gasteiger partial charge in [-0.3, -0.25) is 0 Å². The average Bonchev–Trinajstić information content (AvgIpc) is 2.14. The van der Waals surface area contributed by atoms with E-state index < -0.39 is 0 Å². The molecule has 0 saturated carbocycles. The predicted molar refractivity (Wildman–Crippen MR) is 80.8 cm³/mol. The van der Waals surface area contributed by atoms with Gasteiger partial charge < -0.3 is 4.74 Å². The second-order valence-corrected chi connectivity index (χ2v) is 15.1. The second kappa shape index (κ2) is 4.74. The number of hydrogen-bond donors (Lipinski definition) is 0. The van der Waals surface area contributed by atoms with Crippen LogP contribution in [0.25, 0.3) is 0 Å². The van der Waals surface area contributed by atoms with Gasteiger partial charge in [0.25, 0.3) is 0 Å². The Balaban J connectivity index is 1.96. The van der Waals surface area contributed by atoms with Crippen LogP contribution < -0.4 is 0 Å². The summed E-state index contributed by atoms with van der Waals surface area (Å²) in [5.41, 5.74) is 0. The van der Waals surface area contributed by atoms with Crippen molar-refractivity contribution < 1.29 is 4.74 Å². The summed E-state index contributed by atoms with van der Waals surface area (Å²) in [7, 11) is -0.624. The maximum atomic E-state index is 6.08. The van der Waals surface area contributed by atoms with Crippen LogP contribution in [0.4, 0.5) is 0 Å². The molecule has 2 unspecified atom stereocenters. The zero-order valence-electron chi connectivity index (χ0n) is 11.3. The molecule has 0 bridgehead atoms. The normalized spacial score (nSPS) is 42.2. The van der Waals surface area contributed by atoms with Crippen LogP contribution in [-0.2, 0) is 4.74 Å². The van der Waals surface area contributed by atoms with Gasteiger partial charge in [-0.25, -0.2) is 20.1 Å². The molecule has 0 aromatic carbocycles. The van der Waals surface area contributed by atoms with Crippen molar-refractivity contribution in [2.75, 3.05) is 54.6 Å². The maximum Gasteiger partial charge on any atom is 0.0686 e. The van der Waals surface area contributed by atoms with Crippen molar-refractivity contribution in [1.29, 1.82) is 0 Å². The molecule has 0 amide bonds. The van der Waals surface area contributed by atoms with Gasteiger partial charge in [0, 0.05) is 11.5 Å². The van der Waals surface area contributed by atoms with Crippen LogP contribution in [0.5, 0.6) is 0 Å². The highest BCUT2D eigenvalue weighted by atomic mass is 32.3. The molecule has 16 heavy (non-hydrogen) atoms. The van der Waals surface area contributed by atoms with Crippen molar-refractivity contribution in [1.82, 2.24) is 0 Å². The molecule has 0 aliphatic carbocycles. The predicted octanol–water partition coefficient (Wildman–Crippen LogP) is 2.92. The van der Waals surface area contributed by atoms with E-state index in [9.17, 15) is 0 Å². The number of rotatable bonds is 1. The third kappa shape index (κ3) is 3.33. The Morgan fingerprint density at radius 3 is 2.25 bits per heavy atom. The Kier molecular flexibility index (Phi) is 3.88. The highest BCUT2D eigenvalue weighted by molar-refractivity contribution is 8.33. The van der Waals surface area contributed by atoms with Crippen molar-refractivity contribution in [2.45, 2.75) is 18.9 Å². The molecular formula is C13H28OS2. The molecule has 2 aliphatic rings. The van der Waals surface area contributed by atoms with Gasteiger partial charge in [0.2, 0.25) is 0 Å². The first-order valence-corrected chi connectivity index (χ1v) is 11.9. The summed E-state index contributed by atoms with van der Waals surface area (Å²) in [4.78, 5) is 0. The highest BCUT2D eigenvalue weighted by Crippen LogP contribution is 2.51. The molecular weight excluding hydrogens is 236 g/mol. The van der Waals surface area contributed by atoms with Gasteiger partial charge in [0.05, 0.1) is 12.7 Å². The molecule has 0 N–H and O–H groups in total. The lowest BCUT2D eigenvalue weighted by Gasteiger charge is -2.47. The smallest absolute Gasteiger partial charge is 0.0686 e. The lowest BCUT2D eigenvalue weighted by molar-refractivity contribution is 0.0346. The minimum Gasteiger partial charge on any atom is -0.376 e. The van der Waals surface area contributed by atoms with E-state index in [4.69, 9.17) is 4.74 Å². The summed E-state index contributed by atoms with van der Waals surface area (Å²) in [5, 5.41) is 0. The van der Waals surface area contributed by atoms with Crippen molar-refractivity contribution in [2.24, 2.45) is 5.92 Å². The van der Waals surface area contributed by atoms with Crippen molar-refractivity contribution in [3.05, 3.63) is 0 Å². The molecule has 0 spiro atoms. The fraction of sp³-hybridized carbons (Fsp3) is 1.00. The minimum absolute atomic E-state index is 0.289. The van der Waals surface area contributed by atoms with E-state index in [-0.39, 0.29) is 20.1 Å². The first-order valence-electron chi connectivity index (χ1n) is 6.37. The fourth-order valence-corrected chi connectivity index (χ4v) is 7.68. The first-order chi connectivity index (χ1) is 7.38. The molecule has 3 heteroatoms. The number of hydrogen-bond acceptors (Lipinski definition) is 1. The minimum atomic E-state index is -0.334. The van der Waals surface area contributed by atoms with Gasteiger partial charge in [0.1, 0.15) is 0 Å². The van der Waals surface area contributed by atoms with Gasteiger partial charge in [-0.15, -0.1) is 0 Å². The maximum absolute atomic E-state index is 6.08. The van der Waals surface area contributed by atoms with Crippen molar-refractivity contribution in [3.8, 4) is 0 Å². The van der Waals surface area contributed by atoms with E-state index in [1.54, 1.807) is 0 Å². The summed E-state index contributed by atoms with van der Waals surface area (Å²) in [5.74, 6) is 6.53. The Morgan fingerprint density at radius 2 is 1.62 bits per heavy atom. The summed E-state index contributed by atoms with van der Waals surface area (Å²) in [6, 6.07) is 0. The molecule has 0 radical (unpaired) electrons. The zero-order valence-corrected chi connectivity index (χ0v) is 13.0. The van der Waals surface area contributed by atoms with Crippen molar-refractivity contribution in [3.63, 3.8) is 0 Å². The van der Waals surface area contributed by atoms with Crippen LogP contribution in [-0.4, -0.2) is 60.7 Å². The Hall–Kier alpha value is 0.660. The SMILES string of the molecule is CS1(C)CCCC(C2CS(C)(C)CCO2)C1. The summed E-state index contributed by atoms with van der Waals surface area (Å²) < 4.78 is 6.08. The molecule has 0 aromatic rings. The van der Waals surface area contributed by atoms with Gasteiger partial charge in [-0.1, -0.05) is 0 Å². The third-order valence-corrected chi connectivity index (χ3v) is 9.27. The fourth-order valence-electron chi connectivity index (χ4n) is 3.05. The van der Waals surface area contributed by atoms with E-state index in [2.05, 4.69) is 25.0 Å². The quantitative estimate of drug-likeness (QED) is 0.707. The molecule has 2 atom stereocenters. The van der Waals surface area contributed by atoms with Crippen LogP contribution in [0.2, 0.25) is 0 Å². The molecule has 2 heterocycles. The molecule has 2 rings (SSSR count). The van der Waals surface area contributed by atoms with E-state index >= 15 is 0 Å². The van der Waals surface area contributed by atoms with Crippen molar-refractivity contribution >= 4 is 20.1 Å². The molecule has 2 aliphatic heterocycles. The topological polar surface area (TPSA) is 9.23 Å². The van der Waals surface area contributed by atoms with Gasteiger partial charge in [0.15, 0.2) is 0 Å². The largest absolute Gasteiger partial charge is 0.376 e. The Labute approximate surface area is 104 Å². The highest BCUT2D eigenvalue weighted by Gasteiger charge is 2.35. The molecule has 98 valence electrons. The first kappa shape index (κ1) is 13.1. The van der Waals surface area contributed by atoms with Gasteiger partial charge >= 0.3 is 0 Å². The molecule has 2 saturated heterocycles. The van der Waals surface area contributed by atoms with Crippen LogP contribution in [0.3, 0.4) is 0 Å². The van der Waals surface area contributed by atoms with Crippen LogP contribution in [0.15, 0.2) is 0 Å². The molecule has 0 aromatic heterocycles. The number of ether oxygens (including phenoxy) is 1. The molecule has 2 fully saturated rings. The summed E-state index contributed by atoms with van der Waals surface area (Å²) >= 11 is 0. The van der Waals surface area contributed by atoms with Crippen LogP contribution >= 0.6 is 20.1 Å². The van der Waals surface area contributed by atoms with E-state index in [1.165, 1.54) is 35.9 Å². The average molecular weight is 264 g/mol. The van der Waals surface area contributed by atoms with E-state index in [1.807, 2.05) is 0 Å². The Morgan fingerprint density at radius 1 is 0.938 bits per heavy atom. The zero-order chi connectivity index (χ0) is 11.8. The third-order valence-electron chi connectivity index (χ3n) is 4.05. The van der Waals surface area contributed by atoms with Crippen LogP contribution in [0.1, 0.15) is 12.8 Å². The Bertz CT molecular complexity index is 224. The summed E-state index contributed by atoms with van der Waals surface area (Å²) in [6.07, 6.45) is 13.5. The van der Waals surface area contributed by atoms with E-state index in [0.717, 1.165) is 12.5 Å². The molecule has 1 nitrogen and oxygen atoms in total. The monoisotopic (exact) mass is 264 g/mol.